The maximum absolute atomic E-state index is 11.6. The molecule has 2 N–H and O–H groups in total. The van der Waals surface area contributed by atoms with Gasteiger partial charge in [-0.1, -0.05) is 29.3 Å². The molecule has 0 bridgehead atoms. The maximum Gasteiger partial charge on any atom is 0.330 e. The molecule has 7 heteroatoms. The molecule has 0 aromatic heterocycles. The smallest absolute Gasteiger partial charge is 0.330 e. The van der Waals surface area contributed by atoms with E-state index in [1.54, 1.807) is 18.2 Å². The summed E-state index contributed by atoms with van der Waals surface area (Å²) in [6.07, 6.45) is 2.59. The third-order valence-corrected chi connectivity index (χ3v) is 3.05. The van der Waals surface area contributed by atoms with Gasteiger partial charge in [0.15, 0.2) is 6.04 Å². The second-order valence-electron chi connectivity index (χ2n) is 3.74. The fraction of sp³-hybridized carbons (Fsp3) is 0.231. The van der Waals surface area contributed by atoms with Crippen LogP contribution in [-0.4, -0.2) is 36.7 Å². The molecule has 1 aromatic rings. The predicted molar refractivity (Wildman–Crippen MR) is 76.5 cm³/mol. The van der Waals surface area contributed by atoms with Crippen LogP contribution in [0, 0.1) is 0 Å². The van der Waals surface area contributed by atoms with Gasteiger partial charge in [0.1, 0.15) is 0 Å². The van der Waals surface area contributed by atoms with Gasteiger partial charge in [0.2, 0.25) is 5.91 Å². The molecule has 0 aliphatic rings. The van der Waals surface area contributed by atoms with Crippen molar-refractivity contribution in [2.24, 2.45) is 0 Å². The second kappa shape index (κ2) is 7.89. The van der Waals surface area contributed by atoms with Crippen LogP contribution >= 0.6 is 23.2 Å². The topological polar surface area (TPSA) is 75.6 Å². The highest BCUT2D eigenvalue weighted by molar-refractivity contribution is 6.37. The largest absolute Gasteiger partial charge is 0.467 e. The van der Waals surface area contributed by atoms with Crippen molar-refractivity contribution >= 4 is 41.2 Å². The molecule has 0 unspecified atom stereocenters. The van der Waals surface area contributed by atoms with E-state index in [4.69, 9.17) is 28.3 Å². The van der Waals surface area contributed by atoms with Crippen LogP contribution in [0.1, 0.15) is 5.56 Å². The van der Waals surface area contributed by atoms with Crippen LogP contribution in [0.15, 0.2) is 24.3 Å². The van der Waals surface area contributed by atoms with E-state index in [2.05, 4.69) is 10.1 Å². The summed E-state index contributed by atoms with van der Waals surface area (Å²) in [5.74, 6) is -1.31. The molecule has 0 heterocycles. The van der Waals surface area contributed by atoms with Crippen molar-refractivity contribution in [1.29, 1.82) is 0 Å². The Labute approximate surface area is 126 Å². The van der Waals surface area contributed by atoms with Crippen LogP contribution in [0.2, 0.25) is 10.0 Å². The summed E-state index contributed by atoms with van der Waals surface area (Å²) < 4.78 is 4.43. The molecule has 1 atom stereocenters. The summed E-state index contributed by atoms with van der Waals surface area (Å²) in [5.41, 5.74) is 0.490. The molecule has 0 aliphatic heterocycles. The number of aliphatic hydroxyl groups excluding tert-OH is 1. The van der Waals surface area contributed by atoms with Gasteiger partial charge in [-0.15, -0.1) is 0 Å². The molecule has 0 radical (unpaired) electrons. The number of halogens is 2. The molecule has 1 rings (SSSR count). The average Bonchev–Trinajstić information content (AvgIpc) is 2.43. The van der Waals surface area contributed by atoms with E-state index >= 15 is 0 Å². The minimum Gasteiger partial charge on any atom is -0.467 e. The summed E-state index contributed by atoms with van der Waals surface area (Å²) in [7, 11) is 1.16. The highest BCUT2D eigenvalue weighted by atomic mass is 35.5. The van der Waals surface area contributed by atoms with Crippen molar-refractivity contribution in [2.75, 3.05) is 13.7 Å². The molecular formula is C13H13Cl2NO4. The van der Waals surface area contributed by atoms with Gasteiger partial charge in [0, 0.05) is 21.7 Å². The number of esters is 1. The number of methoxy groups -OCH3 is 1. The van der Waals surface area contributed by atoms with Crippen LogP contribution < -0.4 is 5.32 Å². The lowest BCUT2D eigenvalue weighted by atomic mass is 10.2. The lowest BCUT2D eigenvalue weighted by Gasteiger charge is -2.12. The molecule has 108 valence electrons. The van der Waals surface area contributed by atoms with Crippen molar-refractivity contribution in [2.45, 2.75) is 6.04 Å². The second-order valence-corrected chi connectivity index (χ2v) is 4.55. The number of ether oxygens (including phenoxy) is 1. The Balaban J connectivity index is 2.75. The molecule has 0 fully saturated rings. The summed E-state index contributed by atoms with van der Waals surface area (Å²) in [6, 6.07) is 3.84. The first-order valence-electron chi connectivity index (χ1n) is 5.61. The number of amides is 1. The number of aliphatic hydroxyl groups is 1. The highest BCUT2D eigenvalue weighted by Gasteiger charge is 2.19. The first kappa shape index (κ1) is 16.5. The quantitative estimate of drug-likeness (QED) is 0.639. The molecule has 0 aliphatic carbocycles. The molecule has 0 saturated carbocycles. The zero-order valence-corrected chi connectivity index (χ0v) is 12.1. The first-order chi connectivity index (χ1) is 9.49. The van der Waals surface area contributed by atoms with E-state index in [1.807, 2.05) is 0 Å². The molecule has 20 heavy (non-hydrogen) atoms. The van der Waals surface area contributed by atoms with Crippen molar-refractivity contribution in [1.82, 2.24) is 5.32 Å². The molecule has 1 aromatic carbocycles. The van der Waals surface area contributed by atoms with Gasteiger partial charge in [-0.3, -0.25) is 4.79 Å². The lowest BCUT2D eigenvalue weighted by Crippen LogP contribution is -2.43. The molecule has 5 nitrogen and oxygen atoms in total. The van der Waals surface area contributed by atoms with E-state index in [0.29, 0.717) is 15.6 Å². The highest BCUT2D eigenvalue weighted by Crippen LogP contribution is 2.25. The third kappa shape index (κ3) is 4.52. The lowest BCUT2D eigenvalue weighted by molar-refractivity contribution is -0.145. The number of hydrogen-bond acceptors (Lipinski definition) is 4. The number of carbonyl (C=O) groups is 2. The Morgan fingerprint density at radius 2 is 2.00 bits per heavy atom. The van der Waals surface area contributed by atoms with Crippen molar-refractivity contribution in [3.63, 3.8) is 0 Å². The zero-order valence-electron chi connectivity index (χ0n) is 10.6. The van der Waals surface area contributed by atoms with Crippen LogP contribution in [0.4, 0.5) is 0 Å². The van der Waals surface area contributed by atoms with Crippen LogP contribution in [0.5, 0.6) is 0 Å². The maximum atomic E-state index is 11.6. The van der Waals surface area contributed by atoms with E-state index in [0.717, 1.165) is 7.11 Å². The summed E-state index contributed by atoms with van der Waals surface area (Å²) in [4.78, 5) is 22.8. The van der Waals surface area contributed by atoms with E-state index < -0.39 is 24.5 Å². The fourth-order valence-corrected chi connectivity index (χ4v) is 1.89. The number of rotatable bonds is 5. The van der Waals surface area contributed by atoms with Gasteiger partial charge in [0.25, 0.3) is 0 Å². The van der Waals surface area contributed by atoms with Crippen molar-refractivity contribution < 1.29 is 19.4 Å². The average molecular weight is 318 g/mol. The molecule has 0 saturated heterocycles. The number of nitrogens with one attached hydrogen (secondary N) is 1. The number of benzene rings is 1. The van der Waals surface area contributed by atoms with Gasteiger partial charge in [-0.25, -0.2) is 4.79 Å². The minimum atomic E-state index is -1.11. The summed E-state index contributed by atoms with van der Waals surface area (Å²) in [5, 5.41) is 12.1. The van der Waals surface area contributed by atoms with E-state index in [-0.39, 0.29) is 0 Å². The Morgan fingerprint density at radius 3 is 2.50 bits per heavy atom. The van der Waals surface area contributed by atoms with Gasteiger partial charge < -0.3 is 15.2 Å². The van der Waals surface area contributed by atoms with Crippen LogP contribution in [-0.2, 0) is 14.3 Å². The molecule has 1 amide bonds. The van der Waals surface area contributed by atoms with Gasteiger partial charge >= 0.3 is 5.97 Å². The standard InChI is InChI=1S/C13H13Cl2NO4/c1-20-13(19)11(7-17)16-12(18)6-5-8-9(14)3-2-4-10(8)15/h2-6,11,17H,7H2,1H3,(H,16,18)/b6-5+/t11-/m0/s1. The zero-order chi connectivity index (χ0) is 15.1. The van der Waals surface area contributed by atoms with Gasteiger partial charge in [-0.2, -0.15) is 0 Å². The summed E-state index contributed by atoms with van der Waals surface area (Å²) >= 11 is 11.9. The Hall–Kier alpha value is -1.56. The minimum absolute atomic E-state index is 0.397. The van der Waals surface area contributed by atoms with E-state index in [1.165, 1.54) is 12.2 Å². The third-order valence-electron chi connectivity index (χ3n) is 2.39. The monoisotopic (exact) mass is 317 g/mol. The Bertz CT molecular complexity index is 511. The Kier molecular flexibility index (Phi) is 6.51. The molecular weight excluding hydrogens is 305 g/mol. The number of carbonyl (C=O) groups excluding carboxylic acids is 2. The normalized spacial score (nSPS) is 12.2. The van der Waals surface area contributed by atoms with Gasteiger partial charge in [0.05, 0.1) is 13.7 Å². The van der Waals surface area contributed by atoms with Crippen LogP contribution in [0.3, 0.4) is 0 Å². The number of hydrogen-bond donors (Lipinski definition) is 2. The van der Waals surface area contributed by atoms with Crippen molar-refractivity contribution in [3.8, 4) is 0 Å². The summed E-state index contributed by atoms with van der Waals surface area (Å²) in [6.45, 7) is -0.556. The first-order valence-corrected chi connectivity index (χ1v) is 6.36. The van der Waals surface area contributed by atoms with E-state index in [9.17, 15) is 9.59 Å². The van der Waals surface area contributed by atoms with Crippen molar-refractivity contribution in [3.05, 3.63) is 39.9 Å². The Morgan fingerprint density at radius 1 is 1.40 bits per heavy atom. The van der Waals surface area contributed by atoms with Crippen LogP contribution in [0.25, 0.3) is 6.08 Å². The fourth-order valence-electron chi connectivity index (χ4n) is 1.37. The van der Waals surface area contributed by atoms with Gasteiger partial charge in [-0.05, 0) is 18.2 Å². The molecule has 0 spiro atoms. The predicted octanol–water partition coefficient (Wildman–Crippen LogP) is 1.66. The SMILES string of the molecule is COC(=O)[C@H](CO)NC(=O)/C=C/c1c(Cl)cccc1Cl.